The molecule has 8 heteroatoms. The Kier molecular flexibility index (Phi) is 3.84. The number of H-pyrrole nitrogens is 1. The van der Waals surface area contributed by atoms with Gasteiger partial charge in [0.2, 0.25) is 0 Å². The minimum Gasteiger partial charge on any atom is -0.326 e. The lowest BCUT2D eigenvalue weighted by Crippen LogP contribution is -2.30. The second-order valence-electron chi connectivity index (χ2n) is 4.06. The predicted octanol–water partition coefficient (Wildman–Crippen LogP) is 2.17. The van der Waals surface area contributed by atoms with Crippen LogP contribution in [0.4, 0.5) is 0 Å². The van der Waals surface area contributed by atoms with Gasteiger partial charge in [-0.15, -0.1) is 32.9 Å². The van der Waals surface area contributed by atoms with Gasteiger partial charge in [0.1, 0.15) is 0 Å². The third-order valence-electron chi connectivity index (χ3n) is 2.68. The van der Waals surface area contributed by atoms with Gasteiger partial charge in [0.25, 0.3) is 11.7 Å². The summed E-state index contributed by atoms with van der Waals surface area (Å²) < 4.78 is 0. The topological polar surface area (TPSA) is 74.8 Å². The lowest BCUT2D eigenvalue weighted by molar-refractivity contribution is 0.0721. The van der Waals surface area contributed by atoms with E-state index in [9.17, 15) is 4.79 Å². The van der Waals surface area contributed by atoms with E-state index in [1.54, 1.807) is 27.6 Å². The molecule has 0 aliphatic carbocycles. The number of hydrogen-bond donors (Lipinski definition) is 1. The molecule has 3 aromatic heterocycles. The molecule has 0 unspecified atom stereocenters. The summed E-state index contributed by atoms with van der Waals surface area (Å²) in [5.41, 5.74) is 0. The maximum Gasteiger partial charge on any atom is 0.296 e. The molecule has 102 valence electrons. The van der Waals surface area contributed by atoms with Crippen molar-refractivity contribution in [3.8, 4) is 0 Å². The van der Waals surface area contributed by atoms with E-state index in [1.165, 1.54) is 0 Å². The zero-order valence-electron chi connectivity index (χ0n) is 10.4. The monoisotopic (exact) mass is 305 g/mol. The molecule has 0 aliphatic rings. The molecule has 3 rings (SSSR count). The number of rotatable bonds is 5. The van der Waals surface area contributed by atoms with Crippen molar-refractivity contribution in [3.05, 3.63) is 50.6 Å². The highest BCUT2D eigenvalue weighted by atomic mass is 32.1. The van der Waals surface area contributed by atoms with Crippen molar-refractivity contribution in [3.63, 3.8) is 0 Å². The normalized spacial score (nSPS) is 10.6. The summed E-state index contributed by atoms with van der Waals surface area (Å²) >= 11 is 3.25. The quantitative estimate of drug-likeness (QED) is 0.784. The highest BCUT2D eigenvalue weighted by Gasteiger charge is 2.21. The van der Waals surface area contributed by atoms with Gasteiger partial charge in [0.05, 0.1) is 13.1 Å². The van der Waals surface area contributed by atoms with E-state index in [4.69, 9.17) is 0 Å². The number of nitrogens with zero attached hydrogens (tertiary/aromatic N) is 4. The third kappa shape index (κ3) is 2.91. The van der Waals surface area contributed by atoms with E-state index in [0.29, 0.717) is 13.1 Å². The van der Waals surface area contributed by atoms with Crippen LogP contribution in [0.5, 0.6) is 0 Å². The third-order valence-corrected chi connectivity index (χ3v) is 4.40. The van der Waals surface area contributed by atoms with Gasteiger partial charge in [-0.05, 0) is 28.1 Å². The van der Waals surface area contributed by atoms with Crippen LogP contribution in [0, 0.1) is 0 Å². The zero-order chi connectivity index (χ0) is 13.8. The molecule has 1 amide bonds. The predicted molar refractivity (Wildman–Crippen MR) is 76.4 cm³/mol. The van der Waals surface area contributed by atoms with E-state index in [-0.39, 0.29) is 11.7 Å². The Morgan fingerprint density at radius 2 is 1.80 bits per heavy atom. The van der Waals surface area contributed by atoms with Crippen molar-refractivity contribution in [1.29, 1.82) is 0 Å². The van der Waals surface area contributed by atoms with Gasteiger partial charge in [-0.2, -0.15) is 5.21 Å². The molecule has 1 N–H and O–H groups in total. The minimum absolute atomic E-state index is 0.0955. The highest BCUT2D eigenvalue weighted by Crippen LogP contribution is 2.18. The summed E-state index contributed by atoms with van der Waals surface area (Å²) in [5, 5.41) is 17.3. The van der Waals surface area contributed by atoms with Crippen LogP contribution in [0.2, 0.25) is 0 Å². The molecule has 3 heterocycles. The van der Waals surface area contributed by atoms with E-state index in [1.807, 2.05) is 35.0 Å². The standard InChI is InChI=1S/C12H11N5OS2/c18-12(11-13-15-16-14-11)17(7-9-3-1-5-19-9)8-10-4-2-6-20-10/h1-6H,7-8H2,(H,13,14,15,16). The smallest absolute Gasteiger partial charge is 0.296 e. The molecule has 0 radical (unpaired) electrons. The van der Waals surface area contributed by atoms with E-state index >= 15 is 0 Å². The summed E-state index contributed by atoms with van der Waals surface area (Å²) in [4.78, 5) is 16.4. The lowest BCUT2D eigenvalue weighted by atomic mass is 10.3. The molecule has 6 nitrogen and oxygen atoms in total. The maximum absolute atomic E-state index is 12.4. The van der Waals surface area contributed by atoms with Crippen molar-refractivity contribution in [2.24, 2.45) is 0 Å². The van der Waals surface area contributed by atoms with Crippen molar-refractivity contribution in [2.45, 2.75) is 13.1 Å². The molecular weight excluding hydrogens is 294 g/mol. The Balaban J connectivity index is 1.81. The second-order valence-corrected chi connectivity index (χ2v) is 6.12. The van der Waals surface area contributed by atoms with Gasteiger partial charge in [0, 0.05) is 9.75 Å². The molecular formula is C12H11N5OS2. The van der Waals surface area contributed by atoms with Crippen molar-refractivity contribution in [1.82, 2.24) is 25.5 Å². The number of thiophene rings is 2. The van der Waals surface area contributed by atoms with Crippen LogP contribution in [-0.4, -0.2) is 31.4 Å². The Bertz CT molecular complexity index is 612. The van der Waals surface area contributed by atoms with E-state index in [2.05, 4.69) is 20.6 Å². The lowest BCUT2D eigenvalue weighted by Gasteiger charge is -2.19. The summed E-state index contributed by atoms with van der Waals surface area (Å²) in [6.45, 7) is 1.09. The number of carbonyl (C=O) groups is 1. The van der Waals surface area contributed by atoms with Crippen molar-refractivity contribution in [2.75, 3.05) is 0 Å². The van der Waals surface area contributed by atoms with Crippen LogP contribution < -0.4 is 0 Å². The molecule has 0 aliphatic heterocycles. The van der Waals surface area contributed by atoms with Crippen molar-refractivity contribution < 1.29 is 4.79 Å². The number of amides is 1. The number of aromatic amines is 1. The Labute approximate surface area is 123 Å². The first kappa shape index (κ1) is 12.9. The van der Waals surface area contributed by atoms with Crippen LogP contribution in [-0.2, 0) is 13.1 Å². The molecule has 0 atom stereocenters. The molecule has 0 saturated heterocycles. The Morgan fingerprint density at radius 1 is 1.15 bits per heavy atom. The van der Waals surface area contributed by atoms with Crippen LogP contribution in [0.3, 0.4) is 0 Å². The van der Waals surface area contributed by atoms with Gasteiger partial charge < -0.3 is 4.90 Å². The fourth-order valence-corrected chi connectivity index (χ4v) is 3.21. The zero-order valence-corrected chi connectivity index (χ0v) is 12.0. The number of hydrogen-bond acceptors (Lipinski definition) is 6. The van der Waals surface area contributed by atoms with Crippen LogP contribution >= 0.6 is 22.7 Å². The number of nitrogens with one attached hydrogen (secondary N) is 1. The first-order valence-electron chi connectivity index (χ1n) is 5.90. The van der Waals surface area contributed by atoms with Gasteiger partial charge in [-0.3, -0.25) is 4.79 Å². The van der Waals surface area contributed by atoms with Crippen LogP contribution in [0.25, 0.3) is 0 Å². The maximum atomic E-state index is 12.4. The van der Waals surface area contributed by atoms with Gasteiger partial charge in [-0.1, -0.05) is 12.1 Å². The van der Waals surface area contributed by atoms with E-state index in [0.717, 1.165) is 9.75 Å². The van der Waals surface area contributed by atoms with Gasteiger partial charge >= 0.3 is 0 Å². The Hall–Kier alpha value is -2.06. The summed E-state index contributed by atoms with van der Waals surface area (Å²) in [7, 11) is 0. The summed E-state index contributed by atoms with van der Waals surface area (Å²) in [6, 6.07) is 7.97. The first-order valence-corrected chi connectivity index (χ1v) is 7.66. The molecule has 0 spiro atoms. The van der Waals surface area contributed by atoms with E-state index < -0.39 is 0 Å². The van der Waals surface area contributed by atoms with Gasteiger partial charge in [0.15, 0.2) is 0 Å². The molecule has 3 aromatic rings. The highest BCUT2D eigenvalue weighted by molar-refractivity contribution is 7.10. The summed E-state index contributed by atoms with van der Waals surface area (Å²) in [6.07, 6.45) is 0. The van der Waals surface area contributed by atoms with Crippen molar-refractivity contribution >= 4 is 28.6 Å². The average Bonchev–Trinajstić information content (AvgIpc) is 3.20. The summed E-state index contributed by atoms with van der Waals surface area (Å²) in [5.74, 6) is -0.126. The fourth-order valence-electron chi connectivity index (χ4n) is 1.77. The van der Waals surface area contributed by atoms with Crippen LogP contribution in [0.1, 0.15) is 20.4 Å². The number of aromatic nitrogens is 4. The molecule has 0 saturated carbocycles. The molecule has 20 heavy (non-hydrogen) atoms. The second kappa shape index (κ2) is 5.93. The largest absolute Gasteiger partial charge is 0.326 e. The molecule has 0 fully saturated rings. The number of carbonyl (C=O) groups excluding carboxylic acids is 1. The molecule has 0 bridgehead atoms. The SMILES string of the molecule is O=C(c1nn[nH]n1)N(Cc1cccs1)Cc1cccs1. The fraction of sp³-hybridized carbons (Fsp3) is 0.167. The minimum atomic E-state index is -0.222. The van der Waals surface area contributed by atoms with Crippen LogP contribution in [0.15, 0.2) is 35.0 Å². The Morgan fingerprint density at radius 3 is 2.25 bits per heavy atom. The number of tetrazole rings is 1. The molecule has 0 aromatic carbocycles. The first-order chi connectivity index (χ1) is 9.83. The average molecular weight is 305 g/mol. The van der Waals surface area contributed by atoms with Gasteiger partial charge in [-0.25, -0.2) is 0 Å².